The van der Waals surface area contributed by atoms with Crippen LogP contribution in [0.2, 0.25) is 0 Å². The number of hydrogen-bond acceptors (Lipinski definition) is 2. The lowest BCUT2D eigenvalue weighted by atomic mass is 9.94. The Morgan fingerprint density at radius 3 is 2.29 bits per heavy atom. The second-order valence-corrected chi connectivity index (χ2v) is 6.33. The third-order valence-electron chi connectivity index (χ3n) is 4.17. The number of nitrogens with zero attached hydrogens (tertiary/aromatic N) is 1. The number of rotatable bonds is 3. The van der Waals surface area contributed by atoms with Crippen molar-refractivity contribution in [3.63, 3.8) is 0 Å². The van der Waals surface area contributed by atoms with E-state index in [-0.39, 0.29) is 0 Å². The highest BCUT2D eigenvalue weighted by Gasteiger charge is 2.40. The van der Waals surface area contributed by atoms with Crippen LogP contribution in [0.1, 0.15) is 40.5 Å². The van der Waals surface area contributed by atoms with E-state index in [2.05, 4.69) is 37.9 Å². The third kappa shape index (κ3) is 2.82. The van der Waals surface area contributed by atoms with Crippen LogP contribution >= 0.6 is 0 Å². The van der Waals surface area contributed by atoms with Crippen LogP contribution in [0.25, 0.3) is 0 Å². The van der Waals surface area contributed by atoms with Gasteiger partial charge in [0.25, 0.3) is 0 Å². The summed E-state index contributed by atoms with van der Waals surface area (Å²) in [6.45, 7) is 10.7. The Balaban J connectivity index is 2.06. The van der Waals surface area contributed by atoms with Gasteiger partial charge in [0.1, 0.15) is 0 Å². The van der Waals surface area contributed by atoms with Crippen LogP contribution in [-0.4, -0.2) is 36.0 Å². The molecule has 0 bridgehead atoms. The minimum absolute atomic E-state index is 0.349. The fraction of sp³-hybridized carbons (Fsp3) is 0.929. The van der Waals surface area contributed by atoms with Crippen molar-refractivity contribution in [1.82, 2.24) is 10.2 Å². The van der Waals surface area contributed by atoms with Gasteiger partial charge in [-0.1, -0.05) is 27.7 Å². The van der Waals surface area contributed by atoms with Crippen molar-refractivity contribution in [2.24, 2.45) is 17.8 Å². The van der Waals surface area contributed by atoms with Crippen molar-refractivity contribution in [3.05, 3.63) is 0 Å². The number of hydrogen-bond donors (Lipinski definition) is 1. The summed E-state index contributed by atoms with van der Waals surface area (Å²) < 4.78 is 0. The fourth-order valence-corrected chi connectivity index (χ4v) is 2.65. The maximum Gasteiger partial charge on any atom is 0.226 e. The molecule has 0 aromatic heterocycles. The molecule has 1 N–H and O–H groups in total. The predicted molar refractivity (Wildman–Crippen MR) is 69.7 cm³/mol. The van der Waals surface area contributed by atoms with Gasteiger partial charge in [0.15, 0.2) is 0 Å². The van der Waals surface area contributed by atoms with Crippen molar-refractivity contribution in [3.8, 4) is 0 Å². The van der Waals surface area contributed by atoms with Crippen LogP contribution in [0.4, 0.5) is 0 Å². The molecule has 1 heterocycles. The van der Waals surface area contributed by atoms with Crippen LogP contribution in [0.3, 0.4) is 0 Å². The SMILES string of the molecule is CC(C)C1CN(C(=O)C2CC2)C(C(C)C)CN1. The van der Waals surface area contributed by atoms with E-state index in [4.69, 9.17) is 0 Å². The highest BCUT2D eigenvalue weighted by atomic mass is 16.2. The minimum atomic E-state index is 0.349. The Kier molecular flexibility index (Phi) is 3.76. The van der Waals surface area contributed by atoms with Crippen molar-refractivity contribution in [1.29, 1.82) is 0 Å². The van der Waals surface area contributed by atoms with Gasteiger partial charge in [-0.3, -0.25) is 4.79 Å². The zero-order valence-electron chi connectivity index (χ0n) is 11.6. The predicted octanol–water partition coefficient (Wildman–Crippen LogP) is 1.88. The molecule has 0 radical (unpaired) electrons. The quantitative estimate of drug-likeness (QED) is 0.814. The molecule has 0 spiro atoms. The third-order valence-corrected chi connectivity index (χ3v) is 4.17. The first-order valence-corrected chi connectivity index (χ1v) is 7.04. The molecule has 2 unspecified atom stereocenters. The maximum atomic E-state index is 12.3. The summed E-state index contributed by atoms with van der Waals surface area (Å²) in [4.78, 5) is 14.5. The molecule has 2 atom stereocenters. The highest BCUT2D eigenvalue weighted by Crippen LogP contribution is 2.33. The van der Waals surface area contributed by atoms with Gasteiger partial charge in [0.05, 0.1) is 0 Å². The van der Waals surface area contributed by atoms with Crippen LogP contribution in [0.15, 0.2) is 0 Å². The minimum Gasteiger partial charge on any atom is -0.336 e. The van der Waals surface area contributed by atoms with E-state index in [9.17, 15) is 4.79 Å². The molecule has 2 rings (SSSR count). The van der Waals surface area contributed by atoms with Crippen molar-refractivity contribution in [2.45, 2.75) is 52.6 Å². The van der Waals surface area contributed by atoms with Gasteiger partial charge in [-0.25, -0.2) is 0 Å². The van der Waals surface area contributed by atoms with Gasteiger partial charge in [-0.2, -0.15) is 0 Å². The van der Waals surface area contributed by atoms with Crippen LogP contribution in [0, 0.1) is 17.8 Å². The molecule has 3 nitrogen and oxygen atoms in total. The summed E-state index contributed by atoms with van der Waals surface area (Å²) in [6, 6.07) is 0.853. The van der Waals surface area contributed by atoms with E-state index in [1.54, 1.807) is 0 Å². The number of piperazine rings is 1. The topological polar surface area (TPSA) is 32.3 Å². The second-order valence-electron chi connectivity index (χ2n) is 6.33. The fourth-order valence-electron chi connectivity index (χ4n) is 2.65. The molecule has 1 saturated carbocycles. The van der Waals surface area contributed by atoms with Gasteiger partial charge in [0, 0.05) is 31.1 Å². The zero-order chi connectivity index (χ0) is 12.6. The summed E-state index contributed by atoms with van der Waals surface area (Å²) in [6.07, 6.45) is 2.22. The largest absolute Gasteiger partial charge is 0.336 e. The number of carbonyl (C=O) groups excluding carboxylic acids is 1. The number of carbonyl (C=O) groups is 1. The summed E-state index contributed by atoms with van der Waals surface area (Å²) in [5.74, 6) is 1.90. The summed E-state index contributed by atoms with van der Waals surface area (Å²) in [7, 11) is 0. The van der Waals surface area contributed by atoms with E-state index < -0.39 is 0 Å². The molecule has 1 saturated heterocycles. The molecule has 98 valence electrons. The standard InChI is InChI=1S/C14H26N2O/c1-9(2)12-8-16(14(17)11-5-6-11)13(7-15-12)10(3)4/h9-13,15H,5-8H2,1-4H3. The molecule has 3 heteroatoms. The molecule has 0 aromatic carbocycles. The van der Waals surface area contributed by atoms with Gasteiger partial charge in [-0.05, 0) is 24.7 Å². The Labute approximate surface area is 105 Å². The molecule has 0 aromatic rings. The second kappa shape index (κ2) is 4.97. The molecular formula is C14H26N2O. The van der Waals surface area contributed by atoms with Gasteiger partial charge in [0.2, 0.25) is 5.91 Å². The van der Waals surface area contributed by atoms with Gasteiger partial charge >= 0.3 is 0 Å². The Bertz CT molecular complexity index is 284. The first-order chi connectivity index (χ1) is 8.00. The molecule has 2 fully saturated rings. The lowest BCUT2D eigenvalue weighted by molar-refractivity contribution is -0.138. The van der Waals surface area contributed by atoms with E-state index >= 15 is 0 Å². The number of amides is 1. The van der Waals surface area contributed by atoms with Gasteiger partial charge in [-0.15, -0.1) is 0 Å². The van der Waals surface area contributed by atoms with Crippen molar-refractivity contribution >= 4 is 5.91 Å². The van der Waals surface area contributed by atoms with E-state index in [0.29, 0.717) is 35.7 Å². The average Bonchev–Trinajstić information content (AvgIpc) is 3.10. The summed E-state index contributed by atoms with van der Waals surface area (Å²) in [5, 5.41) is 3.60. The molecule has 2 aliphatic rings. The average molecular weight is 238 g/mol. The van der Waals surface area contributed by atoms with Crippen molar-refractivity contribution < 1.29 is 4.79 Å². The molecule has 1 aliphatic heterocycles. The first-order valence-electron chi connectivity index (χ1n) is 7.04. The van der Waals surface area contributed by atoms with Crippen molar-refractivity contribution in [2.75, 3.05) is 13.1 Å². The van der Waals surface area contributed by atoms with E-state index in [1.807, 2.05) is 0 Å². The van der Waals surface area contributed by atoms with Crippen LogP contribution in [0.5, 0.6) is 0 Å². The summed E-state index contributed by atoms with van der Waals surface area (Å²) in [5.41, 5.74) is 0. The highest BCUT2D eigenvalue weighted by molar-refractivity contribution is 5.81. The molecular weight excluding hydrogens is 212 g/mol. The van der Waals surface area contributed by atoms with E-state index in [1.165, 1.54) is 0 Å². The maximum absolute atomic E-state index is 12.3. The van der Waals surface area contributed by atoms with E-state index in [0.717, 1.165) is 25.9 Å². The van der Waals surface area contributed by atoms with Gasteiger partial charge < -0.3 is 10.2 Å². The lowest BCUT2D eigenvalue weighted by Crippen LogP contribution is -2.61. The molecule has 1 amide bonds. The Morgan fingerprint density at radius 1 is 1.18 bits per heavy atom. The molecule has 1 aliphatic carbocycles. The smallest absolute Gasteiger partial charge is 0.226 e. The normalized spacial score (nSPS) is 30.1. The monoisotopic (exact) mass is 238 g/mol. The lowest BCUT2D eigenvalue weighted by Gasteiger charge is -2.44. The number of nitrogens with one attached hydrogen (secondary N) is 1. The Hall–Kier alpha value is -0.570. The zero-order valence-corrected chi connectivity index (χ0v) is 11.6. The van der Waals surface area contributed by atoms with Crippen LogP contribution in [-0.2, 0) is 4.79 Å². The molecule has 17 heavy (non-hydrogen) atoms. The van der Waals surface area contributed by atoms with Crippen LogP contribution < -0.4 is 5.32 Å². The first kappa shape index (κ1) is 12.9. The summed E-state index contributed by atoms with van der Waals surface area (Å²) >= 11 is 0. The Morgan fingerprint density at radius 2 is 1.82 bits per heavy atom.